The highest BCUT2D eigenvalue weighted by atomic mass is 35.5. The number of hydrogen-bond acceptors (Lipinski definition) is 3. The lowest BCUT2D eigenvalue weighted by Gasteiger charge is -2.12. The molecule has 0 unspecified atom stereocenters. The molecular weight excluding hydrogens is 210 g/mol. The van der Waals surface area contributed by atoms with Crippen molar-refractivity contribution in [2.75, 3.05) is 32.5 Å². The van der Waals surface area contributed by atoms with Gasteiger partial charge in [-0.05, 0) is 32.3 Å². The Balaban J connectivity index is 2.67. The molecule has 0 aliphatic rings. The molecule has 80 valence electrons. The average Bonchev–Trinajstić information content (AvgIpc) is 2.17. The lowest BCUT2D eigenvalue weighted by Crippen LogP contribution is -2.21. The fraction of sp³-hybridized carbons (Fsp3) is 0.364. The van der Waals surface area contributed by atoms with Gasteiger partial charge in [0.1, 0.15) is 6.07 Å². The molecular formula is C11H14ClN3. The summed E-state index contributed by atoms with van der Waals surface area (Å²) in [5.74, 6) is 0. The van der Waals surface area contributed by atoms with Gasteiger partial charge in [0.2, 0.25) is 0 Å². The number of benzene rings is 1. The summed E-state index contributed by atoms with van der Waals surface area (Å²) >= 11 is 5.86. The molecule has 0 fully saturated rings. The molecule has 1 aromatic rings. The van der Waals surface area contributed by atoms with Gasteiger partial charge < -0.3 is 10.2 Å². The van der Waals surface area contributed by atoms with Crippen LogP contribution in [0.15, 0.2) is 18.2 Å². The van der Waals surface area contributed by atoms with Gasteiger partial charge >= 0.3 is 0 Å². The summed E-state index contributed by atoms with van der Waals surface area (Å²) in [4.78, 5) is 2.07. The smallest absolute Gasteiger partial charge is 0.101 e. The molecule has 3 nitrogen and oxygen atoms in total. The number of nitrogens with zero attached hydrogens (tertiary/aromatic N) is 2. The predicted octanol–water partition coefficient (Wildman–Crippen LogP) is 2.19. The molecule has 0 atom stereocenters. The quantitative estimate of drug-likeness (QED) is 0.851. The monoisotopic (exact) mass is 223 g/mol. The van der Waals surface area contributed by atoms with Gasteiger partial charge in [-0.15, -0.1) is 0 Å². The standard InChI is InChI=1S/C11H14ClN3/c1-15(2)6-5-14-11-7-10(12)4-3-9(11)8-13/h3-4,7,14H,5-6H2,1-2H3. The zero-order valence-corrected chi connectivity index (χ0v) is 9.67. The normalized spacial score (nSPS) is 10.1. The largest absolute Gasteiger partial charge is 0.383 e. The maximum Gasteiger partial charge on any atom is 0.101 e. The molecule has 0 spiro atoms. The predicted molar refractivity (Wildman–Crippen MR) is 63.2 cm³/mol. The molecule has 0 amide bonds. The maximum atomic E-state index is 8.87. The lowest BCUT2D eigenvalue weighted by atomic mass is 10.2. The van der Waals surface area contributed by atoms with E-state index in [0.717, 1.165) is 18.8 Å². The van der Waals surface area contributed by atoms with Gasteiger partial charge in [0, 0.05) is 18.1 Å². The fourth-order valence-corrected chi connectivity index (χ4v) is 1.35. The van der Waals surface area contributed by atoms with Gasteiger partial charge in [0.15, 0.2) is 0 Å². The zero-order chi connectivity index (χ0) is 11.3. The van der Waals surface area contributed by atoms with E-state index in [9.17, 15) is 0 Å². The minimum atomic E-state index is 0.623. The Morgan fingerprint density at radius 3 is 2.80 bits per heavy atom. The molecule has 0 aromatic heterocycles. The second kappa shape index (κ2) is 5.59. The van der Waals surface area contributed by atoms with Crippen LogP contribution in [-0.2, 0) is 0 Å². The van der Waals surface area contributed by atoms with E-state index in [0.29, 0.717) is 10.6 Å². The van der Waals surface area contributed by atoms with Gasteiger partial charge in [-0.25, -0.2) is 0 Å². The number of anilines is 1. The number of hydrogen-bond donors (Lipinski definition) is 1. The third-order valence-corrected chi connectivity index (χ3v) is 2.21. The third kappa shape index (κ3) is 3.78. The first-order chi connectivity index (χ1) is 7.13. The van der Waals surface area contributed by atoms with Crippen LogP contribution in [0.25, 0.3) is 0 Å². The highest BCUT2D eigenvalue weighted by Gasteiger charge is 2.01. The van der Waals surface area contributed by atoms with E-state index in [-0.39, 0.29) is 0 Å². The Kier molecular flexibility index (Phi) is 4.41. The Morgan fingerprint density at radius 2 is 2.20 bits per heavy atom. The molecule has 0 heterocycles. The molecule has 1 aromatic carbocycles. The van der Waals surface area contributed by atoms with Crippen molar-refractivity contribution in [3.8, 4) is 6.07 Å². The van der Waals surface area contributed by atoms with Gasteiger partial charge in [-0.2, -0.15) is 5.26 Å². The summed E-state index contributed by atoms with van der Waals surface area (Å²) in [6.45, 7) is 1.71. The van der Waals surface area contributed by atoms with Crippen molar-refractivity contribution < 1.29 is 0 Å². The molecule has 0 saturated carbocycles. The van der Waals surface area contributed by atoms with Crippen molar-refractivity contribution in [3.05, 3.63) is 28.8 Å². The summed E-state index contributed by atoms with van der Waals surface area (Å²) in [7, 11) is 4.01. The number of likely N-dealkylation sites (N-methyl/N-ethyl adjacent to an activating group) is 1. The van der Waals surface area contributed by atoms with Crippen molar-refractivity contribution >= 4 is 17.3 Å². The van der Waals surface area contributed by atoms with Crippen LogP contribution in [0.4, 0.5) is 5.69 Å². The number of nitrogens with one attached hydrogen (secondary N) is 1. The Hall–Kier alpha value is -1.24. The van der Waals surface area contributed by atoms with E-state index in [1.54, 1.807) is 18.2 Å². The summed E-state index contributed by atoms with van der Waals surface area (Å²) in [5, 5.41) is 12.7. The number of nitriles is 1. The van der Waals surface area contributed by atoms with Crippen LogP contribution in [-0.4, -0.2) is 32.1 Å². The molecule has 1 rings (SSSR count). The molecule has 0 aliphatic carbocycles. The molecule has 0 radical (unpaired) electrons. The highest BCUT2D eigenvalue weighted by Crippen LogP contribution is 2.19. The Bertz CT molecular complexity index is 369. The molecule has 0 bridgehead atoms. The summed E-state index contributed by atoms with van der Waals surface area (Å²) in [6.07, 6.45) is 0. The second-order valence-corrected chi connectivity index (χ2v) is 3.97. The molecule has 0 aliphatic heterocycles. The van der Waals surface area contributed by atoms with Crippen LogP contribution in [0.3, 0.4) is 0 Å². The van der Waals surface area contributed by atoms with Crippen molar-refractivity contribution in [3.63, 3.8) is 0 Å². The van der Waals surface area contributed by atoms with Crippen molar-refractivity contribution in [2.45, 2.75) is 0 Å². The van der Waals surface area contributed by atoms with E-state index in [1.807, 2.05) is 14.1 Å². The maximum absolute atomic E-state index is 8.87. The first kappa shape index (κ1) is 11.8. The summed E-state index contributed by atoms with van der Waals surface area (Å²) in [6, 6.07) is 7.34. The minimum absolute atomic E-state index is 0.623. The van der Waals surface area contributed by atoms with E-state index < -0.39 is 0 Å². The number of halogens is 1. The zero-order valence-electron chi connectivity index (χ0n) is 8.92. The van der Waals surface area contributed by atoms with Crippen LogP contribution < -0.4 is 5.32 Å². The van der Waals surface area contributed by atoms with Crippen LogP contribution in [0, 0.1) is 11.3 Å². The van der Waals surface area contributed by atoms with E-state index in [2.05, 4.69) is 16.3 Å². The summed E-state index contributed by atoms with van der Waals surface area (Å²) in [5.41, 5.74) is 1.42. The van der Waals surface area contributed by atoms with E-state index in [1.165, 1.54) is 0 Å². The van der Waals surface area contributed by atoms with Crippen LogP contribution in [0.1, 0.15) is 5.56 Å². The average molecular weight is 224 g/mol. The third-order valence-electron chi connectivity index (χ3n) is 1.98. The molecule has 4 heteroatoms. The highest BCUT2D eigenvalue weighted by molar-refractivity contribution is 6.30. The summed E-state index contributed by atoms with van der Waals surface area (Å²) < 4.78 is 0. The van der Waals surface area contributed by atoms with Crippen molar-refractivity contribution in [1.82, 2.24) is 4.90 Å². The van der Waals surface area contributed by atoms with E-state index >= 15 is 0 Å². The minimum Gasteiger partial charge on any atom is -0.383 e. The van der Waals surface area contributed by atoms with Crippen LogP contribution in [0.2, 0.25) is 5.02 Å². The van der Waals surface area contributed by atoms with Gasteiger partial charge in [-0.1, -0.05) is 11.6 Å². The van der Waals surface area contributed by atoms with E-state index in [4.69, 9.17) is 16.9 Å². The lowest BCUT2D eigenvalue weighted by molar-refractivity contribution is 0.425. The fourth-order valence-electron chi connectivity index (χ4n) is 1.17. The van der Waals surface area contributed by atoms with Gasteiger partial charge in [0.25, 0.3) is 0 Å². The first-order valence-electron chi connectivity index (χ1n) is 4.71. The van der Waals surface area contributed by atoms with Crippen molar-refractivity contribution in [1.29, 1.82) is 5.26 Å². The van der Waals surface area contributed by atoms with Crippen molar-refractivity contribution in [2.24, 2.45) is 0 Å². The Labute approximate surface area is 95.3 Å². The SMILES string of the molecule is CN(C)CCNc1cc(Cl)ccc1C#N. The Morgan fingerprint density at radius 1 is 1.47 bits per heavy atom. The number of rotatable bonds is 4. The van der Waals surface area contributed by atoms with Gasteiger partial charge in [0.05, 0.1) is 11.3 Å². The molecule has 15 heavy (non-hydrogen) atoms. The first-order valence-corrected chi connectivity index (χ1v) is 5.09. The van der Waals surface area contributed by atoms with Gasteiger partial charge in [-0.3, -0.25) is 0 Å². The van der Waals surface area contributed by atoms with Crippen LogP contribution >= 0.6 is 11.6 Å². The second-order valence-electron chi connectivity index (χ2n) is 3.53. The molecule has 0 saturated heterocycles. The topological polar surface area (TPSA) is 39.1 Å². The molecule has 1 N–H and O–H groups in total. The van der Waals surface area contributed by atoms with Crippen LogP contribution in [0.5, 0.6) is 0 Å².